The lowest BCUT2D eigenvalue weighted by Crippen LogP contribution is -2.15. The molecule has 0 atom stereocenters. The van der Waals surface area contributed by atoms with Crippen LogP contribution in [0.25, 0.3) is 0 Å². The Hall–Kier alpha value is -1.54. The predicted octanol–water partition coefficient (Wildman–Crippen LogP) is 5.16. The summed E-state index contributed by atoms with van der Waals surface area (Å²) in [5.74, 6) is 0. The maximum Gasteiger partial charge on any atom is 0.503 e. The molecule has 2 aliphatic carbocycles. The molecule has 0 aromatic carbocycles. The molecule has 4 N–H and O–H groups in total. The zero-order valence-electron chi connectivity index (χ0n) is 16.1. The first-order valence-corrected chi connectivity index (χ1v) is 9.40. The Kier molecular flexibility index (Phi) is 20.3. The van der Waals surface area contributed by atoms with E-state index >= 15 is 0 Å². The van der Waals surface area contributed by atoms with E-state index in [4.69, 9.17) is 39.5 Å². The van der Waals surface area contributed by atoms with E-state index in [-0.39, 0.29) is 0 Å². The van der Waals surface area contributed by atoms with Crippen molar-refractivity contribution in [2.75, 3.05) is 13.2 Å². The van der Waals surface area contributed by atoms with Crippen LogP contribution in [0, 0.1) is 0 Å². The third kappa shape index (κ3) is 24.7. The molecule has 2 aliphatic rings. The summed E-state index contributed by atoms with van der Waals surface area (Å²) in [6, 6.07) is 0. The van der Waals surface area contributed by atoms with Crippen molar-refractivity contribution in [2.24, 2.45) is 0 Å². The highest BCUT2D eigenvalue weighted by Gasteiger charge is 2.12. The number of hydrogen-bond donors (Lipinski definition) is 4. The van der Waals surface area contributed by atoms with Crippen LogP contribution < -0.4 is 0 Å². The highest BCUT2D eigenvalue weighted by molar-refractivity contribution is 5.53. The highest BCUT2D eigenvalue weighted by atomic mass is 16.6. The van der Waals surface area contributed by atoms with E-state index in [9.17, 15) is 0 Å². The van der Waals surface area contributed by atoms with E-state index in [0.29, 0.717) is 12.2 Å². The molecule has 0 radical (unpaired) electrons. The average molecular weight is 380 g/mol. The van der Waals surface area contributed by atoms with Crippen LogP contribution in [0.2, 0.25) is 0 Å². The number of rotatable bonds is 4. The maximum atomic E-state index is 8.56. The van der Waals surface area contributed by atoms with Crippen LogP contribution >= 0.6 is 0 Å². The zero-order valence-corrected chi connectivity index (χ0v) is 16.1. The minimum absolute atomic E-state index is 0.601. The number of hydrogen-bond acceptors (Lipinski definition) is 4. The molecule has 0 spiro atoms. The number of ether oxygens (including phenoxy) is 2. The molecule has 2 rings (SSSR count). The highest BCUT2D eigenvalue weighted by Crippen LogP contribution is 2.20. The van der Waals surface area contributed by atoms with E-state index in [1.807, 2.05) is 0 Å². The molecule has 0 aromatic heterocycles. The molecule has 0 amide bonds. The molecule has 0 heterocycles. The molecular weight excluding hydrogens is 344 g/mol. The van der Waals surface area contributed by atoms with E-state index in [0.717, 1.165) is 13.2 Å². The molecule has 26 heavy (non-hydrogen) atoms. The van der Waals surface area contributed by atoms with Gasteiger partial charge in [-0.1, -0.05) is 38.5 Å². The molecule has 0 unspecified atom stereocenters. The predicted molar refractivity (Wildman–Crippen MR) is 98.3 cm³/mol. The topological polar surface area (TPSA) is 134 Å². The minimum atomic E-state index is -1.83. The lowest BCUT2D eigenvalue weighted by atomic mass is 9.98. The fourth-order valence-corrected chi connectivity index (χ4v) is 2.94. The third-order valence-corrected chi connectivity index (χ3v) is 3.91. The summed E-state index contributed by atoms with van der Waals surface area (Å²) < 4.78 is 11.0. The van der Waals surface area contributed by atoms with Crippen molar-refractivity contribution >= 4 is 12.3 Å². The van der Waals surface area contributed by atoms with Crippen LogP contribution in [0.3, 0.4) is 0 Å². The fraction of sp³-hybridized carbons (Fsp3) is 0.889. The molecule has 0 aliphatic heterocycles. The molecule has 0 bridgehead atoms. The Labute approximate surface area is 156 Å². The molecule has 0 aromatic rings. The average Bonchev–Trinajstić information content (AvgIpc) is 2.57. The second kappa shape index (κ2) is 19.8. The summed E-state index contributed by atoms with van der Waals surface area (Å²) >= 11 is 0. The summed E-state index contributed by atoms with van der Waals surface area (Å²) in [4.78, 5) is 17.1. The Balaban J connectivity index is 0. The summed E-state index contributed by atoms with van der Waals surface area (Å²) in [6.07, 6.45) is 11.1. The van der Waals surface area contributed by atoms with Gasteiger partial charge in [0.05, 0.1) is 12.2 Å². The van der Waals surface area contributed by atoms with Gasteiger partial charge in [0.1, 0.15) is 0 Å². The lowest BCUT2D eigenvalue weighted by Gasteiger charge is -2.20. The Morgan fingerprint density at radius 3 is 1.08 bits per heavy atom. The van der Waals surface area contributed by atoms with Gasteiger partial charge in [-0.05, 0) is 39.5 Å². The SMILES string of the molecule is CCOC1CCCCC1.CCOC1CCCCC1.O=C(O)O.O=C(O)O. The monoisotopic (exact) mass is 380 g/mol. The van der Waals surface area contributed by atoms with Crippen molar-refractivity contribution in [1.29, 1.82) is 0 Å². The molecule has 156 valence electrons. The second-order valence-electron chi connectivity index (χ2n) is 6.00. The van der Waals surface area contributed by atoms with Gasteiger partial charge in [-0.25, -0.2) is 9.59 Å². The Bertz CT molecular complexity index is 278. The van der Waals surface area contributed by atoms with Gasteiger partial charge in [0.2, 0.25) is 0 Å². The lowest BCUT2D eigenvalue weighted by molar-refractivity contribution is 0.0367. The van der Waals surface area contributed by atoms with Crippen LogP contribution in [0.15, 0.2) is 0 Å². The van der Waals surface area contributed by atoms with Crippen molar-refractivity contribution in [3.8, 4) is 0 Å². The quantitative estimate of drug-likeness (QED) is 0.525. The third-order valence-electron chi connectivity index (χ3n) is 3.91. The molecular formula is C18H36O8. The molecule has 8 nitrogen and oxygen atoms in total. The molecule has 8 heteroatoms. The van der Waals surface area contributed by atoms with Crippen LogP contribution in [0.4, 0.5) is 9.59 Å². The van der Waals surface area contributed by atoms with E-state index in [1.165, 1.54) is 64.2 Å². The smallest absolute Gasteiger partial charge is 0.450 e. The fourth-order valence-electron chi connectivity index (χ4n) is 2.94. The first-order chi connectivity index (χ1) is 12.3. The van der Waals surface area contributed by atoms with Gasteiger partial charge in [0, 0.05) is 13.2 Å². The minimum Gasteiger partial charge on any atom is -0.450 e. The van der Waals surface area contributed by atoms with Crippen LogP contribution in [0.1, 0.15) is 78.1 Å². The van der Waals surface area contributed by atoms with E-state index < -0.39 is 12.3 Å². The summed E-state index contributed by atoms with van der Waals surface area (Å²) in [7, 11) is 0. The van der Waals surface area contributed by atoms with Gasteiger partial charge >= 0.3 is 12.3 Å². The van der Waals surface area contributed by atoms with Crippen LogP contribution in [-0.4, -0.2) is 58.2 Å². The van der Waals surface area contributed by atoms with Gasteiger partial charge < -0.3 is 29.9 Å². The van der Waals surface area contributed by atoms with Gasteiger partial charge in [0.25, 0.3) is 0 Å². The first-order valence-electron chi connectivity index (χ1n) is 9.40. The van der Waals surface area contributed by atoms with Gasteiger partial charge in [-0.15, -0.1) is 0 Å². The van der Waals surface area contributed by atoms with Crippen molar-refractivity contribution in [3.05, 3.63) is 0 Å². The number of carboxylic acid groups (broad SMARTS) is 4. The Morgan fingerprint density at radius 1 is 0.654 bits per heavy atom. The van der Waals surface area contributed by atoms with Crippen LogP contribution in [-0.2, 0) is 9.47 Å². The van der Waals surface area contributed by atoms with E-state index in [1.54, 1.807) is 0 Å². The largest absolute Gasteiger partial charge is 0.503 e. The molecule has 2 saturated carbocycles. The van der Waals surface area contributed by atoms with Crippen LogP contribution in [0.5, 0.6) is 0 Å². The van der Waals surface area contributed by atoms with Gasteiger partial charge in [0.15, 0.2) is 0 Å². The molecule has 0 saturated heterocycles. The molecule has 2 fully saturated rings. The summed E-state index contributed by atoms with van der Waals surface area (Å²) in [6.45, 7) is 5.94. The van der Waals surface area contributed by atoms with Crippen molar-refractivity contribution in [1.82, 2.24) is 0 Å². The van der Waals surface area contributed by atoms with Gasteiger partial charge in [-0.2, -0.15) is 0 Å². The maximum absolute atomic E-state index is 8.56. The van der Waals surface area contributed by atoms with Gasteiger partial charge in [-0.3, -0.25) is 0 Å². The summed E-state index contributed by atoms with van der Waals surface area (Å²) in [5.41, 5.74) is 0. The first kappa shape index (κ1) is 26.7. The van der Waals surface area contributed by atoms with Crippen molar-refractivity contribution < 1.29 is 39.5 Å². The van der Waals surface area contributed by atoms with E-state index in [2.05, 4.69) is 13.8 Å². The number of carbonyl (C=O) groups is 2. The standard InChI is InChI=1S/2C8H16O.2CH2O3/c2*1-2-9-8-6-4-3-5-7-8;2*2-1(3)4/h2*8H,2-7H2,1H3;2*(H2,2,3,4). The van der Waals surface area contributed by atoms with Crippen molar-refractivity contribution in [2.45, 2.75) is 90.3 Å². The second-order valence-corrected chi connectivity index (χ2v) is 6.00. The summed E-state index contributed by atoms with van der Waals surface area (Å²) in [5, 5.41) is 27.9. The van der Waals surface area contributed by atoms with Crippen molar-refractivity contribution in [3.63, 3.8) is 0 Å². The zero-order chi connectivity index (χ0) is 20.2. The normalized spacial score (nSPS) is 17.3. The Morgan fingerprint density at radius 2 is 0.885 bits per heavy atom.